The van der Waals surface area contributed by atoms with Crippen LogP contribution in [0.25, 0.3) is 5.69 Å². The van der Waals surface area contributed by atoms with Crippen LogP contribution in [0.15, 0.2) is 24.5 Å². The molecule has 0 spiro atoms. The summed E-state index contributed by atoms with van der Waals surface area (Å²) in [5, 5.41) is 0.354. The summed E-state index contributed by atoms with van der Waals surface area (Å²) in [5.41, 5.74) is 1.63. The van der Waals surface area contributed by atoms with Crippen molar-refractivity contribution in [2.24, 2.45) is 0 Å². The Labute approximate surface area is 108 Å². The topological polar surface area (TPSA) is 38.1 Å². The summed E-state index contributed by atoms with van der Waals surface area (Å²) >= 11 is 6.00. The first kappa shape index (κ1) is 11.2. The van der Waals surface area contributed by atoms with Crippen molar-refractivity contribution in [3.05, 3.63) is 46.8 Å². The average Bonchev–Trinajstić information content (AvgIpc) is 2.65. The van der Waals surface area contributed by atoms with E-state index in [9.17, 15) is 9.18 Å². The maximum Gasteiger partial charge on any atom is 0.256 e. The van der Waals surface area contributed by atoms with Gasteiger partial charge in [-0.2, -0.15) is 0 Å². The molecule has 0 aliphatic carbocycles. The number of rotatable bonds is 0. The molecule has 1 aliphatic heterocycles. The van der Waals surface area contributed by atoms with E-state index in [0.29, 0.717) is 22.9 Å². The Morgan fingerprint density at radius 3 is 3.00 bits per heavy atom. The molecule has 1 aliphatic rings. The minimum absolute atomic E-state index is 0.232. The van der Waals surface area contributed by atoms with Crippen LogP contribution < -0.4 is 0 Å². The first-order valence-corrected chi connectivity index (χ1v) is 5.73. The first-order valence-electron chi connectivity index (χ1n) is 5.35. The minimum atomic E-state index is -0.440. The lowest BCUT2D eigenvalue weighted by molar-refractivity contribution is 0.0787. The first-order chi connectivity index (χ1) is 8.58. The van der Waals surface area contributed by atoms with Gasteiger partial charge in [0.05, 0.1) is 23.5 Å². The molecule has 3 rings (SSSR count). The zero-order chi connectivity index (χ0) is 12.9. The molecule has 0 N–H and O–H groups in total. The van der Waals surface area contributed by atoms with Crippen LogP contribution in [-0.2, 0) is 6.54 Å². The van der Waals surface area contributed by atoms with Gasteiger partial charge in [0.25, 0.3) is 5.91 Å². The number of fused-ring (bicyclic) bond motifs is 3. The number of hydrogen-bond acceptors (Lipinski definition) is 2. The fourth-order valence-corrected chi connectivity index (χ4v) is 2.29. The summed E-state index contributed by atoms with van der Waals surface area (Å²) in [7, 11) is 1.65. The summed E-state index contributed by atoms with van der Waals surface area (Å²) in [5.74, 6) is -0.672. The van der Waals surface area contributed by atoms with E-state index in [1.807, 2.05) is 0 Å². The van der Waals surface area contributed by atoms with Gasteiger partial charge in [0.2, 0.25) is 0 Å². The Hall–Kier alpha value is -1.88. The maximum absolute atomic E-state index is 13.3. The number of amides is 1. The van der Waals surface area contributed by atoms with Gasteiger partial charge >= 0.3 is 0 Å². The van der Waals surface area contributed by atoms with E-state index in [1.165, 1.54) is 17.0 Å². The minimum Gasteiger partial charge on any atom is -0.336 e. The number of benzene rings is 1. The average molecular weight is 266 g/mol. The molecule has 0 saturated heterocycles. The van der Waals surface area contributed by atoms with E-state index in [4.69, 9.17) is 11.6 Å². The van der Waals surface area contributed by atoms with Crippen LogP contribution in [0.2, 0.25) is 5.15 Å². The fraction of sp³-hybridized carbons (Fsp3) is 0.167. The lowest BCUT2D eigenvalue weighted by atomic mass is 10.1. The van der Waals surface area contributed by atoms with Crippen molar-refractivity contribution in [1.82, 2.24) is 14.5 Å². The summed E-state index contributed by atoms with van der Waals surface area (Å²) in [6.45, 7) is 0.341. The number of carbonyl (C=O) groups excluding carboxylic acids is 1. The number of imidazole rings is 1. The highest BCUT2D eigenvalue weighted by Gasteiger charge is 2.25. The van der Waals surface area contributed by atoms with Crippen molar-refractivity contribution in [2.45, 2.75) is 6.54 Å². The molecule has 0 fully saturated rings. The molecule has 18 heavy (non-hydrogen) atoms. The largest absolute Gasteiger partial charge is 0.336 e. The molecule has 1 aromatic heterocycles. The molecule has 2 heterocycles. The highest BCUT2D eigenvalue weighted by Crippen LogP contribution is 2.27. The number of nitrogens with zero attached hydrogens (tertiary/aromatic N) is 3. The van der Waals surface area contributed by atoms with Crippen molar-refractivity contribution in [3.8, 4) is 5.69 Å². The fourth-order valence-electron chi connectivity index (χ4n) is 2.09. The van der Waals surface area contributed by atoms with Gasteiger partial charge in [-0.1, -0.05) is 11.6 Å². The second kappa shape index (κ2) is 3.81. The molecular weight excluding hydrogens is 257 g/mol. The molecule has 0 unspecified atom stereocenters. The van der Waals surface area contributed by atoms with E-state index in [2.05, 4.69) is 4.98 Å². The second-order valence-corrected chi connectivity index (χ2v) is 4.53. The van der Waals surface area contributed by atoms with Gasteiger partial charge in [0, 0.05) is 7.05 Å². The van der Waals surface area contributed by atoms with Crippen LogP contribution in [0.5, 0.6) is 0 Å². The van der Waals surface area contributed by atoms with Crippen molar-refractivity contribution < 1.29 is 9.18 Å². The van der Waals surface area contributed by atoms with Gasteiger partial charge in [-0.05, 0) is 18.2 Å². The lowest BCUT2D eigenvalue weighted by Crippen LogP contribution is -2.25. The van der Waals surface area contributed by atoms with Crippen LogP contribution in [0.3, 0.4) is 0 Å². The predicted octanol–water partition coefficient (Wildman–Crippen LogP) is 2.25. The quantitative estimate of drug-likeness (QED) is 0.733. The normalized spacial score (nSPS) is 14.2. The second-order valence-electron chi connectivity index (χ2n) is 4.17. The number of carbonyl (C=O) groups is 1. The number of aromatic nitrogens is 2. The lowest BCUT2D eigenvalue weighted by Gasteiger charge is -2.13. The highest BCUT2D eigenvalue weighted by atomic mass is 35.5. The maximum atomic E-state index is 13.3. The van der Waals surface area contributed by atoms with E-state index < -0.39 is 5.82 Å². The third-order valence-electron chi connectivity index (χ3n) is 3.00. The summed E-state index contributed by atoms with van der Waals surface area (Å²) < 4.78 is 15.0. The zero-order valence-electron chi connectivity index (χ0n) is 9.52. The number of hydrogen-bond donors (Lipinski definition) is 0. The third kappa shape index (κ3) is 1.51. The van der Waals surface area contributed by atoms with Crippen LogP contribution in [0.1, 0.15) is 16.1 Å². The zero-order valence-corrected chi connectivity index (χ0v) is 10.3. The van der Waals surface area contributed by atoms with Crippen molar-refractivity contribution in [1.29, 1.82) is 0 Å². The molecule has 0 radical (unpaired) electrons. The molecule has 1 aromatic carbocycles. The summed E-state index contributed by atoms with van der Waals surface area (Å²) in [6.07, 6.45) is 1.54. The Morgan fingerprint density at radius 1 is 1.44 bits per heavy atom. The van der Waals surface area contributed by atoms with Crippen LogP contribution in [0, 0.1) is 5.82 Å². The molecule has 92 valence electrons. The smallest absolute Gasteiger partial charge is 0.256 e. The van der Waals surface area contributed by atoms with Gasteiger partial charge < -0.3 is 4.90 Å². The van der Waals surface area contributed by atoms with Gasteiger partial charge in [-0.3, -0.25) is 9.36 Å². The Kier molecular flexibility index (Phi) is 2.38. The van der Waals surface area contributed by atoms with E-state index in [0.717, 1.165) is 5.69 Å². The van der Waals surface area contributed by atoms with Crippen molar-refractivity contribution in [2.75, 3.05) is 7.05 Å². The van der Waals surface area contributed by atoms with Gasteiger partial charge in [-0.25, -0.2) is 9.37 Å². The Balaban J connectivity index is 2.33. The Morgan fingerprint density at radius 2 is 2.22 bits per heavy atom. The Bertz CT molecular complexity index is 653. The SMILES string of the molecule is CN1Cc2c(Cl)ncn2-c2ccc(F)cc2C1=O. The molecule has 2 aromatic rings. The summed E-state index contributed by atoms with van der Waals surface area (Å²) in [6, 6.07) is 4.11. The van der Waals surface area contributed by atoms with E-state index >= 15 is 0 Å². The predicted molar refractivity (Wildman–Crippen MR) is 64.3 cm³/mol. The monoisotopic (exact) mass is 265 g/mol. The number of halogens is 2. The van der Waals surface area contributed by atoms with Crippen LogP contribution >= 0.6 is 11.6 Å². The molecule has 6 heteroatoms. The van der Waals surface area contributed by atoms with Crippen molar-refractivity contribution >= 4 is 17.5 Å². The molecule has 1 amide bonds. The molecular formula is C12H9ClFN3O. The molecule has 0 bridgehead atoms. The van der Waals surface area contributed by atoms with E-state index in [-0.39, 0.29) is 5.91 Å². The van der Waals surface area contributed by atoms with Gasteiger partial charge in [-0.15, -0.1) is 0 Å². The summed E-state index contributed by atoms with van der Waals surface area (Å²) in [4.78, 5) is 17.7. The van der Waals surface area contributed by atoms with Crippen molar-refractivity contribution in [3.63, 3.8) is 0 Å². The van der Waals surface area contributed by atoms with Gasteiger partial charge in [0.15, 0.2) is 5.15 Å². The third-order valence-corrected chi connectivity index (χ3v) is 3.31. The molecule has 0 atom stereocenters. The molecule has 4 nitrogen and oxygen atoms in total. The van der Waals surface area contributed by atoms with Crippen LogP contribution in [0.4, 0.5) is 4.39 Å². The van der Waals surface area contributed by atoms with Gasteiger partial charge in [0.1, 0.15) is 12.1 Å². The highest BCUT2D eigenvalue weighted by molar-refractivity contribution is 6.30. The van der Waals surface area contributed by atoms with Crippen LogP contribution in [-0.4, -0.2) is 27.4 Å². The standard InChI is InChI=1S/C12H9ClFN3O/c1-16-5-10-11(13)15-6-17(10)9-3-2-7(14)4-8(9)12(16)18/h2-4,6H,5H2,1H3. The van der Waals surface area contributed by atoms with E-state index in [1.54, 1.807) is 24.0 Å². The molecule has 0 saturated carbocycles.